The Bertz CT molecular complexity index is 293. The Morgan fingerprint density at radius 2 is 1.85 bits per heavy atom. The molecule has 0 aromatic rings. The first-order valence-electron chi connectivity index (χ1n) is 7.47. The Morgan fingerprint density at radius 3 is 2.30 bits per heavy atom. The number of aliphatic hydroxyl groups excluding tert-OH is 1. The second-order valence-corrected chi connectivity index (χ2v) is 6.76. The van der Waals surface area contributed by atoms with Gasteiger partial charge in [0.15, 0.2) is 0 Å². The van der Waals surface area contributed by atoms with E-state index in [1.807, 2.05) is 34.9 Å². The molecule has 0 saturated carbocycles. The van der Waals surface area contributed by atoms with Crippen LogP contribution in [0.3, 0.4) is 0 Å². The van der Waals surface area contributed by atoms with Crippen LogP contribution in [-0.2, 0) is 0 Å². The van der Waals surface area contributed by atoms with E-state index in [9.17, 15) is 9.90 Å². The normalized spacial score (nSPS) is 16.6. The van der Waals surface area contributed by atoms with Crippen molar-refractivity contribution in [2.24, 2.45) is 11.3 Å². The fourth-order valence-corrected chi connectivity index (χ4v) is 2.07. The van der Waals surface area contributed by atoms with Crippen molar-refractivity contribution in [1.82, 2.24) is 15.5 Å². The maximum Gasteiger partial charge on any atom is 0.315 e. The molecule has 0 aliphatic heterocycles. The molecule has 0 saturated heterocycles. The fraction of sp³-hybridized carbons (Fsp3) is 0.933. The summed E-state index contributed by atoms with van der Waals surface area (Å²) in [6, 6.07) is -0.169. The van der Waals surface area contributed by atoms with E-state index in [0.717, 1.165) is 13.0 Å². The quantitative estimate of drug-likeness (QED) is 0.636. The molecule has 0 aliphatic rings. The molecule has 2 amide bonds. The van der Waals surface area contributed by atoms with E-state index in [1.54, 1.807) is 0 Å². The van der Waals surface area contributed by atoms with Crippen molar-refractivity contribution in [3.63, 3.8) is 0 Å². The summed E-state index contributed by atoms with van der Waals surface area (Å²) in [6.45, 7) is 11.5. The van der Waals surface area contributed by atoms with Crippen molar-refractivity contribution in [1.29, 1.82) is 0 Å². The Morgan fingerprint density at radius 1 is 1.30 bits per heavy atom. The molecular weight excluding hydrogens is 254 g/mol. The maximum atomic E-state index is 11.9. The van der Waals surface area contributed by atoms with Gasteiger partial charge < -0.3 is 20.6 Å². The molecule has 5 heteroatoms. The number of nitrogens with one attached hydrogen (secondary N) is 2. The van der Waals surface area contributed by atoms with Gasteiger partial charge in [-0.1, -0.05) is 34.1 Å². The van der Waals surface area contributed by atoms with Crippen LogP contribution < -0.4 is 10.6 Å². The topological polar surface area (TPSA) is 64.6 Å². The molecular formula is C15H33N3O2. The fourth-order valence-electron chi connectivity index (χ4n) is 2.07. The molecule has 0 bridgehead atoms. The van der Waals surface area contributed by atoms with Crippen molar-refractivity contribution >= 4 is 6.03 Å². The van der Waals surface area contributed by atoms with Gasteiger partial charge in [0.25, 0.3) is 0 Å². The van der Waals surface area contributed by atoms with Gasteiger partial charge in [0.2, 0.25) is 0 Å². The molecule has 0 aliphatic carbocycles. The lowest BCUT2D eigenvalue weighted by molar-refractivity contribution is 0.113. The van der Waals surface area contributed by atoms with Gasteiger partial charge in [0, 0.05) is 19.1 Å². The highest BCUT2D eigenvalue weighted by atomic mass is 16.3. The summed E-state index contributed by atoms with van der Waals surface area (Å²) in [5.74, 6) is 0.193. The van der Waals surface area contributed by atoms with E-state index in [2.05, 4.69) is 29.4 Å². The third-order valence-electron chi connectivity index (χ3n) is 4.02. The minimum Gasteiger partial charge on any atom is -0.391 e. The van der Waals surface area contributed by atoms with Crippen molar-refractivity contribution in [2.75, 3.05) is 27.2 Å². The molecule has 0 fully saturated rings. The number of amides is 2. The molecule has 0 spiro atoms. The highest BCUT2D eigenvalue weighted by molar-refractivity contribution is 5.74. The number of hydrogen-bond acceptors (Lipinski definition) is 3. The average Bonchev–Trinajstić information content (AvgIpc) is 2.33. The molecule has 120 valence electrons. The molecule has 0 radical (unpaired) electrons. The van der Waals surface area contributed by atoms with Gasteiger partial charge >= 0.3 is 6.03 Å². The van der Waals surface area contributed by atoms with Gasteiger partial charge in [0.05, 0.1) is 6.10 Å². The van der Waals surface area contributed by atoms with Crippen LogP contribution >= 0.6 is 0 Å². The van der Waals surface area contributed by atoms with Crippen LogP contribution in [0.5, 0.6) is 0 Å². The largest absolute Gasteiger partial charge is 0.391 e. The lowest BCUT2D eigenvalue weighted by Gasteiger charge is -2.35. The predicted octanol–water partition coefficient (Wildman–Crippen LogP) is 1.67. The second-order valence-electron chi connectivity index (χ2n) is 6.76. The molecule has 3 N–H and O–H groups in total. The Kier molecular flexibility index (Phi) is 8.13. The third kappa shape index (κ3) is 7.10. The van der Waals surface area contributed by atoms with E-state index in [1.165, 1.54) is 0 Å². The lowest BCUT2D eigenvalue weighted by Crippen LogP contribution is -2.51. The average molecular weight is 287 g/mol. The van der Waals surface area contributed by atoms with Gasteiger partial charge in [-0.25, -0.2) is 4.79 Å². The molecule has 0 aromatic carbocycles. The van der Waals surface area contributed by atoms with E-state index in [4.69, 9.17) is 0 Å². The molecule has 5 nitrogen and oxygen atoms in total. The predicted molar refractivity (Wildman–Crippen MR) is 83.8 cm³/mol. The van der Waals surface area contributed by atoms with E-state index in [0.29, 0.717) is 6.54 Å². The van der Waals surface area contributed by atoms with Crippen molar-refractivity contribution in [2.45, 2.75) is 53.2 Å². The minimum atomic E-state index is -0.490. The Balaban J connectivity index is 4.20. The number of nitrogens with zero attached hydrogens (tertiary/aromatic N) is 1. The first kappa shape index (κ1) is 19.2. The first-order valence-corrected chi connectivity index (χ1v) is 7.47. The zero-order valence-corrected chi connectivity index (χ0v) is 14.2. The first-order chi connectivity index (χ1) is 9.10. The molecule has 0 aromatic heterocycles. The maximum absolute atomic E-state index is 11.9. The molecule has 3 unspecified atom stereocenters. The summed E-state index contributed by atoms with van der Waals surface area (Å²) in [5.41, 5.74) is -0.0177. The minimum absolute atomic E-state index is 0.0177. The highest BCUT2D eigenvalue weighted by Gasteiger charge is 2.27. The van der Waals surface area contributed by atoms with Gasteiger partial charge in [-0.3, -0.25) is 0 Å². The summed E-state index contributed by atoms with van der Waals surface area (Å²) in [7, 11) is 4.05. The molecule has 20 heavy (non-hydrogen) atoms. The summed E-state index contributed by atoms with van der Waals surface area (Å²) in [6.07, 6.45) is 0.410. The standard InChI is InChI=1S/C15H33N3O2/c1-8-11(2)13(19)9-16-14(20)17-12(3)15(4,5)10-18(6)7/h11-13,19H,8-10H2,1-7H3,(H2,16,17,20). The third-order valence-corrected chi connectivity index (χ3v) is 4.02. The zero-order chi connectivity index (χ0) is 15.9. The van der Waals surface area contributed by atoms with Crippen LogP contribution in [0, 0.1) is 11.3 Å². The van der Waals surface area contributed by atoms with E-state index in [-0.39, 0.29) is 23.4 Å². The van der Waals surface area contributed by atoms with Crippen molar-refractivity contribution < 1.29 is 9.90 Å². The number of carbonyl (C=O) groups is 1. The van der Waals surface area contributed by atoms with Gasteiger partial charge in [-0.2, -0.15) is 0 Å². The van der Waals surface area contributed by atoms with Gasteiger partial charge in [-0.15, -0.1) is 0 Å². The highest BCUT2D eigenvalue weighted by Crippen LogP contribution is 2.21. The molecule has 0 rings (SSSR count). The van der Waals surface area contributed by atoms with Crippen LogP contribution in [0.1, 0.15) is 41.0 Å². The van der Waals surface area contributed by atoms with Crippen molar-refractivity contribution in [3.8, 4) is 0 Å². The Labute approximate surface area is 124 Å². The number of carbonyl (C=O) groups excluding carboxylic acids is 1. The van der Waals surface area contributed by atoms with E-state index >= 15 is 0 Å². The summed E-state index contributed by atoms with van der Waals surface area (Å²) >= 11 is 0. The van der Waals surface area contributed by atoms with Gasteiger partial charge in [-0.05, 0) is 32.4 Å². The molecule has 0 heterocycles. The van der Waals surface area contributed by atoms with Crippen LogP contribution in [0.2, 0.25) is 0 Å². The van der Waals surface area contributed by atoms with Crippen molar-refractivity contribution in [3.05, 3.63) is 0 Å². The Hall–Kier alpha value is -0.810. The zero-order valence-electron chi connectivity index (χ0n) is 14.2. The monoisotopic (exact) mass is 287 g/mol. The van der Waals surface area contributed by atoms with Crippen LogP contribution in [0.15, 0.2) is 0 Å². The number of aliphatic hydroxyl groups is 1. The van der Waals surface area contributed by atoms with Crippen LogP contribution in [-0.4, -0.2) is 55.4 Å². The number of hydrogen-bond donors (Lipinski definition) is 3. The van der Waals surface area contributed by atoms with Gasteiger partial charge in [0.1, 0.15) is 0 Å². The smallest absolute Gasteiger partial charge is 0.315 e. The molecule has 3 atom stereocenters. The van der Waals surface area contributed by atoms with Crippen LogP contribution in [0.25, 0.3) is 0 Å². The van der Waals surface area contributed by atoms with Crippen LogP contribution in [0.4, 0.5) is 4.79 Å². The summed E-state index contributed by atoms with van der Waals surface area (Å²) in [5, 5.41) is 15.5. The lowest BCUT2D eigenvalue weighted by atomic mass is 9.85. The summed E-state index contributed by atoms with van der Waals surface area (Å²) in [4.78, 5) is 14.0. The van der Waals surface area contributed by atoms with E-state index < -0.39 is 6.10 Å². The summed E-state index contributed by atoms with van der Waals surface area (Å²) < 4.78 is 0. The number of rotatable bonds is 8. The number of urea groups is 1. The SMILES string of the molecule is CCC(C)C(O)CNC(=O)NC(C)C(C)(C)CN(C)C. The second kappa shape index (κ2) is 8.47.